The number of benzene rings is 1. The zero-order valence-corrected chi connectivity index (χ0v) is 13.1. The largest absolute Gasteiger partial charge is 0.496 e. The summed E-state index contributed by atoms with van der Waals surface area (Å²) in [5, 5.41) is 12.5. The number of hydrogen-bond acceptors (Lipinski definition) is 4. The molecule has 1 amide bonds. The normalized spacial score (nSPS) is 24.9. The maximum absolute atomic E-state index is 12.7. The second-order valence-electron chi connectivity index (χ2n) is 5.33. The molecule has 0 spiro atoms. The summed E-state index contributed by atoms with van der Waals surface area (Å²) in [6.45, 7) is 2.60. The van der Waals surface area contributed by atoms with Gasteiger partial charge in [0, 0.05) is 24.4 Å². The molecule has 1 aliphatic rings. The highest BCUT2D eigenvalue weighted by Gasteiger charge is 2.44. The van der Waals surface area contributed by atoms with Gasteiger partial charge >= 0.3 is 0 Å². The number of ether oxygens (including phenoxy) is 1. The lowest BCUT2D eigenvalue weighted by Crippen LogP contribution is -2.47. The Morgan fingerprint density at radius 2 is 2.29 bits per heavy atom. The summed E-state index contributed by atoms with van der Waals surface area (Å²) in [5.41, 5.74) is -0.0531. The number of aliphatic hydroxyl groups is 1. The summed E-state index contributed by atoms with van der Waals surface area (Å²) in [5.74, 6) is 0.223. The van der Waals surface area contributed by atoms with Gasteiger partial charge in [0.1, 0.15) is 5.75 Å². The molecule has 1 aromatic carbocycles. The molecular formula is C15H21ClN2O3. The van der Waals surface area contributed by atoms with Crippen molar-refractivity contribution >= 4 is 17.7 Å². The second kappa shape index (κ2) is 6.64. The predicted molar refractivity (Wildman–Crippen MR) is 81.5 cm³/mol. The van der Waals surface area contributed by atoms with E-state index < -0.39 is 5.54 Å². The van der Waals surface area contributed by atoms with E-state index in [1.54, 1.807) is 18.2 Å². The molecule has 0 aromatic heterocycles. The third-order valence-corrected chi connectivity index (χ3v) is 4.67. The lowest BCUT2D eigenvalue weighted by Gasteiger charge is -2.35. The van der Waals surface area contributed by atoms with Crippen LogP contribution >= 0.6 is 11.8 Å². The molecule has 2 atom stereocenters. The van der Waals surface area contributed by atoms with Crippen LogP contribution in [-0.4, -0.2) is 47.3 Å². The number of carbonyl (C=O) groups is 1. The minimum atomic E-state index is -0.493. The van der Waals surface area contributed by atoms with E-state index in [1.807, 2.05) is 13.0 Å². The smallest absolute Gasteiger partial charge is 0.272 e. The first-order valence-electron chi connectivity index (χ1n) is 7.05. The maximum atomic E-state index is 12.7. The number of rotatable bonds is 5. The molecule has 0 aliphatic carbocycles. The van der Waals surface area contributed by atoms with Crippen molar-refractivity contribution in [1.82, 2.24) is 9.74 Å². The Hall–Kier alpha value is -1.30. The summed E-state index contributed by atoms with van der Waals surface area (Å²) < 4.78 is 6.50. The number of amides is 1. The Labute approximate surface area is 130 Å². The minimum Gasteiger partial charge on any atom is -0.496 e. The van der Waals surface area contributed by atoms with Gasteiger partial charge in [-0.15, -0.1) is 0 Å². The van der Waals surface area contributed by atoms with Crippen LogP contribution in [0.3, 0.4) is 0 Å². The van der Waals surface area contributed by atoms with E-state index in [1.165, 1.54) is 11.5 Å². The van der Waals surface area contributed by atoms with Gasteiger partial charge in [0.05, 0.1) is 24.8 Å². The molecule has 5 nitrogen and oxygen atoms in total. The van der Waals surface area contributed by atoms with Crippen molar-refractivity contribution in [3.63, 3.8) is 0 Å². The van der Waals surface area contributed by atoms with Gasteiger partial charge in [-0.1, -0.05) is 19.1 Å². The van der Waals surface area contributed by atoms with Gasteiger partial charge < -0.3 is 15.2 Å². The van der Waals surface area contributed by atoms with Gasteiger partial charge in [-0.3, -0.25) is 4.79 Å². The maximum Gasteiger partial charge on any atom is 0.272 e. The molecule has 0 bridgehead atoms. The first kappa shape index (κ1) is 16.1. The molecule has 116 valence electrons. The summed E-state index contributed by atoms with van der Waals surface area (Å²) in [6.07, 6.45) is 1.34. The lowest BCUT2D eigenvalue weighted by molar-refractivity contribution is 0.0724. The predicted octanol–water partition coefficient (Wildman–Crippen LogP) is 1.79. The Bertz CT molecular complexity index is 511. The fourth-order valence-electron chi connectivity index (χ4n) is 2.77. The Kier molecular flexibility index (Phi) is 5.08. The van der Waals surface area contributed by atoms with Crippen LogP contribution in [0.4, 0.5) is 0 Å². The highest BCUT2D eigenvalue weighted by atomic mass is 35.5. The number of aliphatic hydroxyl groups excluding tert-OH is 1. The molecule has 1 aromatic rings. The molecule has 0 radical (unpaired) electrons. The molecule has 0 unspecified atom stereocenters. The number of nitrogens with one attached hydrogen (secondary N) is 1. The van der Waals surface area contributed by atoms with E-state index in [2.05, 4.69) is 5.32 Å². The molecule has 1 fully saturated rings. The van der Waals surface area contributed by atoms with Crippen LogP contribution in [0.1, 0.15) is 30.1 Å². The van der Waals surface area contributed by atoms with Crippen LogP contribution in [0.5, 0.6) is 5.75 Å². The van der Waals surface area contributed by atoms with Crippen molar-refractivity contribution in [1.29, 1.82) is 0 Å². The van der Waals surface area contributed by atoms with Crippen molar-refractivity contribution in [2.24, 2.45) is 0 Å². The van der Waals surface area contributed by atoms with Crippen molar-refractivity contribution in [2.45, 2.75) is 31.3 Å². The van der Waals surface area contributed by atoms with Crippen molar-refractivity contribution in [3.8, 4) is 5.75 Å². The number of methoxy groups -OCH3 is 1. The average molecular weight is 313 g/mol. The first-order chi connectivity index (χ1) is 10.1. The molecule has 1 aliphatic heterocycles. The van der Waals surface area contributed by atoms with Crippen molar-refractivity contribution in [2.75, 3.05) is 20.3 Å². The van der Waals surface area contributed by atoms with Gasteiger partial charge in [-0.05, 0) is 25.0 Å². The summed E-state index contributed by atoms with van der Waals surface area (Å²) >= 11 is 6.39. The Morgan fingerprint density at radius 3 is 2.86 bits per heavy atom. The lowest BCUT2D eigenvalue weighted by atomic mass is 9.92. The number of para-hydroxylation sites is 1. The second-order valence-corrected chi connectivity index (χ2v) is 5.67. The average Bonchev–Trinajstić information content (AvgIpc) is 2.98. The van der Waals surface area contributed by atoms with Gasteiger partial charge in [0.15, 0.2) is 0 Å². The molecule has 0 saturated carbocycles. The summed E-state index contributed by atoms with van der Waals surface area (Å²) in [4.78, 5) is 12.7. The molecule has 2 rings (SSSR count). The van der Waals surface area contributed by atoms with E-state index in [4.69, 9.17) is 16.5 Å². The molecule has 6 heteroatoms. The SMILES string of the molecule is CC[C@@]1(N(Cl)C(=O)c2ccccc2OC)CN[C@H](CO)C1. The van der Waals surface area contributed by atoms with Crippen molar-refractivity contribution in [3.05, 3.63) is 29.8 Å². The fraction of sp³-hybridized carbons (Fsp3) is 0.533. The number of nitrogens with zero attached hydrogens (tertiary/aromatic N) is 1. The quantitative estimate of drug-likeness (QED) is 0.814. The molecule has 1 saturated heterocycles. The van der Waals surface area contributed by atoms with E-state index in [9.17, 15) is 9.90 Å². The van der Waals surface area contributed by atoms with Gasteiger partial charge in [0.2, 0.25) is 0 Å². The standard InChI is InChI=1S/C15H21ClN2O3/c1-3-15(8-11(9-19)17-10-15)18(16)14(20)12-6-4-5-7-13(12)21-2/h4-7,11,17,19H,3,8-10H2,1-2H3/t11-,15-/m0/s1. The van der Waals surface area contributed by atoms with Crippen LogP contribution in [0.25, 0.3) is 0 Å². The minimum absolute atomic E-state index is 0.0309. The number of carbonyl (C=O) groups excluding carboxylic acids is 1. The van der Waals surface area contributed by atoms with Gasteiger partial charge in [0.25, 0.3) is 5.91 Å². The van der Waals surface area contributed by atoms with Crippen LogP contribution in [-0.2, 0) is 0 Å². The van der Waals surface area contributed by atoms with E-state index in [0.717, 1.165) is 0 Å². The zero-order valence-electron chi connectivity index (χ0n) is 12.3. The van der Waals surface area contributed by atoms with Crippen LogP contribution < -0.4 is 10.1 Å². The highest BCUT2D eigenvalue weighted by Crippen LogP contribution is 2.34. The molecule has 21 heavy (non-hydrogen) atoms. The number of halogens is 1. The first-order valence-corrected chi connectivity index (χ1v) is 7.39. The molecule has 1 heterocycles. The highest BCUT2D eigenvalue weighted by molar-refractivity contribution is 6.25. The van der Waals surface area contributed by atoms with E-state index in [0.29, 0.717) is 30.7 Å². The van der Waals surface area contributed by atoms with E-state index >= 15 is 0 Å². The number of hydrogen-bond donors (Lipinski definition) is 2. The monoisotopic (exact) mass is 312 g/mol. The van der Waals surface area contributed by atoms with Crippen molar-refractivity contribution < 1.29 is 14.6 Å². The summed E-state index contributed by atoms with van der Waals surface area (Å²) in [7, 11) is 1.53. The fourth-order valence-corrected chi connectivity index (χ4v) is 3.11. The third-order valence-electron chi connectivity index (χ3n) is 4.16. The molecular weight excluding hydrogens is 292 g/mol. The van der Waals surface area contributed by atoms with E-state index in [-0.39, 0.29) is 18.6 Å². The van der Waals surface area contributed by atoms with Gasteiger partial charge in [-0.25, -0.2) is 4.42 Å². The third kappa shape index (κ3) is 3.00. The van der Waals surface area contributed by atoms with Gasteiger partial charge in [-0.2, -0.15) is 0 Å². The Balaban J connectivity index is 2.26. The summed E-state index contributed by atoms with van der Waals surface area (Å²) in [6, 6.07) is 6.99. The Morgan fingerprint density at radius 1 is 1.57 bits per heavy atom. The van der Waals surface area contributed by atoms with Crippen LogP contribution in [0, 0.1) is 0 Å². The molecule has 2 N–H and O–H groups in total. The zero-order chi connectivity index (χ0) is 15.5. The van der Waals surface area contributed by atoms with Crippen LogP contribution in [0.2, 0.25) is 0 Å². The topological polar surface area (TPSA) is 61.8 Å². The van der Waals surface area contributed by atoms with Crippen LogP contribution in [0.15, 0.2) is 24.3 Å².